The molecule has 19 heavy (non-hydrogen) atoms. The predicted octanol–water partition coefficient (Wildman–Crippen LogP) is 2.91. The first-order valence-electron chi connectivity index (χ1n) is 5.96. The third-order valence-corrected chi connectivity index (χ3v) is 3.00. The van der Waals surface area contributed by atoms with E-state index in [9.17, 15) is 9.18 Å². The van der Waals surface area contributed by atoms with Crippen LogP contribution in [0.25, 0.3) is 0 Å². The molecule has 0 saturated carbocycles. The van der Waals surface area contributed by atoms with Gasteiger partial charge in [0.15, 0.2) is 5.78 Å². The van der Waals surface area contributed by atoms with E-state index in [-0.39, 0.29) is 22.8 Å². The molecule has 0 radical (unpaired) electrons. The van der Waals surface area contributed by atoms with Gasteiger partial charge in [-0.2, -0.15) is 5.10 Å². The van der Waals surface area contributed by atoms with Crippen LogP contribution in [0.1, 0.15) is 29.5 Å². The van der Waals surface area contributed by atoms with Crippen LogP contribution in [0.15, 0.2) is 24.5 Å². The summed E-state index contributed by atoms with van der Waals surface area (Å²) in [5.41, 5.74) is 0.285. The number of Topliss-reactive ketones (excluding diaryl/α,β-unsaturated/α-hetero) is 1. The van der Waals surface area contributed by atoms with Crippen molar-refractivity contribution in [1.82, 2.24) is 14.8 Å². The highest BCUT2D eigenvalue weighted by Crippen LogP contribution is 2.16. The highest BCUT2D eigenvalue weighted by atomic mass is 35.5. The van der Waals surface area contributed by atoms with Crippen LogP contribution in [0.3, 0.4) is 0 Å². The summed E-state index contributed by atoms with van der Waals surface area (Å²) in [7, 11) is 0. The van der Waals surface area contributed by atoms with Crippen LogP contribution >= 0.6 is 11.6 Å². The molecule has 0 amide bonds. The van der Waals surface area contributed by atoms with Crippen LogP contribution in [0.2, 0.25) is 5.02 Å². The summed E-state index contributed by atoms with van der Waals surface area (Å²) in [6.07, 6.45) is 2.42. The number of aryl methyl sites for hydroxylation is 1. The standard InChI is InChI=1S/C13H13ClFN3O/c1-2-5-18-13(16-8-17-18)7-12(19)9-3-4-10(14)11(15)6-9/h3-4,6,8H,2,5,7H2,1H3. The summed E-state index contributed by atoms with van der Waals surface area (Å²) in [4.78, 5) is 16.1. The summed E-state index contributed by atoms with van der Waals surface area (Å²) < 4.78 is 15.0. The predicted molar refractivity (Wildman–Crippen MR) is 69.8 cm³/mol. The monoisotopic (exact) mass is 281 g/mol. The van der Waals surface area contributed by atoms with Gasteiger partial charge in [0.1, 0.15) is 18.0 Å². The van der Waals surface area contributed by atoms with E-state index in [1.54, 1.807) is 4.68 Å². The second-order valence-electron chi connectivity index (χ2n) is 4.13. The average Bonchev–Trinajstić information content (AvgIpc) is 2.80. The summed E-state index contributed by atoms with van der Waals surface area (Å²) >= 11 is 5.58. The zero-order chi connectivity index (χ0) is 13.8. The Kier molecular flexibility index (Phi) is 4.27. The summed E-state index contributed by atoms with van der Waals surface area (Å²) in [5.74, 6) is -0.217. The molecule has 0 atom stereocenters. The quantitative estimate of drug-likeness (QED) is 0.792. The molecule has 0 aliphatic heterocycles. The molecule has 0 saturated heterocycles. The highest BCUT2D eigenvalue weighted by Gasteiger charge is 2.13. The molecular formula is C13H13ClFN3O. The maximum absolute atomic E-state index is 13.3. The number of ketones is 1. The van der Waals surface area contributed by atoms with Crippen LogP contribution in [0.4, 0.5) is 4.39 Å². The fourth-order valence-electron chi connectivity index (χ4n) is 1.74. The SMILES string of the molecule is CCCn1ncnc1CC(=O)c1ccc(Cl)c(F)c1. The van der Waals surface area contributed by atoms with Gasteiger partial charge in [-0.3, -0.25) is 4.79 Å². The van der Waals surface area contributed by atoms with Gasteiger partial charge in [-0.1, -0.05) is 18.5 Å². The molecule has 1 aromatic carbocycles. The van der Waals surface area contributed by atoms with Crippen LogP contribution in [-0.2, 0) is 13.0 Å². The number of halogens is 2. The molecule has 0 unspecified atom stereocenters. The molecule has 0 aliphatic rings. The Balaban J connectivity index is 2.16. The van der Waals surface area contributed by atoms with Crippen LogP contribution in [0, 0.1) is 5.82 Å². The second-order valence-corrected chi connectivity index (χ2v) is 4.54. The zero-order valence-corrected chi connectivity index (χ0v) is 11.2. The maximum Gasteiger partial charge on any atom is 0.170 e. The van der Waals surface area contributed by atoms with Gasteiger partial charge < -0.3 is 0 Å². The summed E-state index contributed by atoms with van der Waals surface area (Å²) in [5, 5.41) is 4.05. The Bertz CT molecular complexity index is 597. The molecule has 100 valence electrons. The first kappa shape index (κ1) is 13.7. The van der Waals surface area contributed by atoms with E-state index in [2.05, 4.69) is 10.1 Å². The fourth-order valence-corrected chi connectivity index (χ4v) is 1.86. The Morgan fingerprint density at radius 1 is 1.47 bits per heavy atom. The van der Waals surface area contributed by atoms with Gasteiger partial charge in [0, 0.05) is 12.1 Å². The third kappa shape index (κ3) is 3.17. The normalized spacial score (nSPS) is 10.7. The lowest BCUT2D eigenvalue weighted by Gasteiger charge is -2.04. The Morgan fingerprint density at radius 2 is 2.26 bits per heavy atom. The van der Waals surface area contributed by atoms with Crippen molar-refractivity contribution in [3.63, 3.8) is 0 Å². The molecule has 4 nitrogen and oxygen atoms in total. The molecule has 0 fully saturated rings. The lowest BCUT2D eigenvalue weighted by atomic mass is 10.1. The average molecular weight is 282 g/mol. The lowest BCUT2D eigenvalue weighted by molar-refractivity contribution is 0.0989. The minimum absolute atomic E-state index is 0.00528. The minimum Gasteiger partial charge on any atom is -0.294 e. The number of benzene rings is 1. The molecule has 0 bridgehead atoms. The summed E-state index contributed by atoms with van der Waals surface area (Å²) in [6.45, 7) is 2.72. The molecule has 0 N–H and O–H groups in total. The smallest absolute Gasteiger partial charge is 0.170 e. The lowest BCUT2D eigenvalue weighted by Crippen LogP contribution is -2.11. The van der Waals surface area contributed by atoms with Crippen molar-refractivity contribution in [2.75, 3.05) is 0 Å². The molecule has 6 heteroatoms. The first-order valence-corrected chi connectivity index (χ1v) is 6.34. The number of carbonyl (C=O) groups excluding carboxylic acids is 1. The number of nitrogens with zero attached hydrogens (tertiary/aromatic N) is 3. The van der Waals surface area contributed by atoms with Crippen molar-refractivity contribution < 1.29 is 9.18 Å². The van der Waals surface area contributed by atoms with Crippen LogP contribution < -0.4 is 0 Å². The van der Waals surface area contributed by atoms with Crippen molar-refractivity contribution >= 4 is 17.4 Å². The maximum atomic E-state index is 13.3. The Morgan fingerprint density at radius 3 is 2.95 bits per heavy atom. The van der Waals surface area contributed by atoms with Crippen molar-refractivity contribution in [2.45, 2.75) is 26.3 Å². The molecule has 0 aliphatic carbocycles. The van der Waals surface area contributed by atoms with Gasteiger partial charge in [-0.15, -0.1) is 0 Å². The molecule has 1 heterocycles. The fraction of sp³-hybridized carbons (Fsp3) is 0.308. The number of carbonyl (C=O) groups is 1. The van der Waals surface area contributed by atoms with Gasteiger partial charge in [-0.25, -0.2) is 14.1 Å². The van der Waals surface area contributed by atoms with Gasteiger partial charge >= 0.3 is 0 Å². The number of hydrogen-bond acceptors (Lipinski definition) is 3. The minimum atomic E-state index is -0.595. The number of aromatic nitrogens is 3. The summed E-state index contributed by atoms with van der Waals surface area (Å²) in [6, 6.07) is 4.03. The van der Waals surface area contributed by atoms with E-state index >= 15 is 0 Å². The van der Waals surface area contributed by atoms with Crippen molar-refractivity contribution in [2.24, 2.45) is 0 Å². The highest BCUT2D eigenvalue weighted by molar-refractivity contribution is 6.30. The van der Waals surface area contributed by atoms with Gasteiger partial charge in [-0.05, 0) is 24.6 Å². The Labute approximate surface area is 115 Å². The van der Waals surface area contributed by atoms with E-state index in [0.29, 0.717) is 12.4 Å². The first-order chi connectivity index (χ1) is 9.11. The Hall–Kier alpha value is -1.75. The molecule has 1 aromatic heterocycles. The zero-order valence-electron chi connectivity index (χ0n) is 10.4. The van der Waals surface area contributed by atoms with Gasteiger partial charge in [0.25, 0.3) is 0 Å². The largest absolute Gasteiger partial charge is 0.294 e. The van der Waals surface area contributed by atoms with Crippen molar-refractivity contribution in [3.05, 3.63) is 46.8 Å². The molecule has 2 rings (SSSR count). The molecule has 0 spiro atoms. The van der Waals surface area contributed by atoms with Crippen LogP contribution in [0.5, 0.6) is 0 Å². The molecular weight excluding hydrogens is 269 g/mol. The van der Waals surface area contributed by atoms with E-state index in [1.165, 1.54) is 18.5 Å². The molecule has 2 aromatic rings. The van der Waals surface area contributed by atoms with Gasteiger partial charge in [0.2, 0.25) is 0 Å². The van der Waals surface area contributed by atoms with Crippen molar-refractivity contribution in [3.8, 4) is 0 Å². The van der Waals surface area contributed by atoms with E-state index < -0.39 is 5.82 Å². The van der Waals surface area contributed by atoms with E-state index in [4.69, 9.17) is 11.6 Å². The van der Waals surface area contributed by atoms with Gasteiger partial charge in [0.05, 0.1) is 11.4 Å². The van der Waals surface area contributed by atoms with Crippen LogP contribution in [-0.4, -0.2) is 20.5 Å². The van der Waals surface area contributed by atoms with E-state index in [1.807, 2.05) is 6.92 Å². The van der Waals surface area contributed by atoms with Crippen molar-refractivity contribution in [1.29, 1.82) is 0 Å². The number of hydrogen-bond donors (Lipinski definition) is 0. The topological polar surface area (TPSA) is 47.8 Å². The second kappa shape index (κ2) is 5.93. The number of rotatable bonds is 5. The third-order valence-electron chi connectivity index (χ3n) is 2.69. The van der Waals surface area contributed by atoms with E-state index in [0.717, 1.165) is 12.5 Å².